The molecule has 0 bridgehead atoms. The smallest absolute Gasteiger partial charge is 0.0630 e. The van der Waals surface area contributed by atoms with Crippen LogP contribution < -0.4 is 11.1 Å². The van der Waals surface area contributed by atoms with E-state index in [2.05, 4.69) is 34.7 Å². The first-order valence-corrected chi connectivity index (χ1v) is 7.06. The molecular formula is C15H15N3S. The van der Waals surface area contributed by atoms with E-state index in [1.165, 1.54) is 4.88 Å². The molecule has 0 fully saturated rings. The molecule has 2 heterocycles. The van der Waals surface area contributed by atoms with E-state index < -0.39 is 0 Å². The number of hydrogen-bond acceptors (Lipinski definition) is 4. The number of nitrogens with zero attached hydrogens (tertiary/aromatic N) is 1. The molecule has 4 heteroatoms. The van der Waals surface area contributed by atoms with Gasteiger partial charge in [-0.15, -0.1) is 11.3 Å². The summed E-state index contributed by atoms with van der Waals surface area (Å²) >= 11 is 1.75. The molecule has 96 valence electrons. The van der Waals surface area contributed by atoms with Crippen LogP contribution in [0.2, 0.25) is 0 Å². The van der Waals surface area contributed by atoms with Crippen LogP contribution in [0, 0.1) is 0 Å². The monoisotopic (exact) mass is 269 g/mol. The maximum Gasteiger partial charge on any atom is 0.0630 e. The average molecular weight is 269 g/mol. The van der Waals surface area contributed by atoms with Gasteiger partial charge in [0.1, 0.15) is 0 Å². The summed E-state index contributed by atoms with van der Waals surface area (Å²) < 4.78 is 0. The van der Waals surface area contributed by atoms with Gasteiger partial charge < -0.3 is 11.1 Å². The van der Waals surface area contributed by atoms with Gasteiger partial charge in [-0.3, -0.25) is 4.98 Å². The number of thiophene rings is 1. The van der Waals surface area contributed by atoms with Crippen molar-refractivity contribution < 1.29 is 0 Å². The van der Waals surface area contributed by atoms with Crippen LogP contribution in [-0.4, -0.2) is 4.98 Å². The Morgan fingerprint density at radius 3 is 2.95 bits per heavy atom. The van der Waals surface area contributed by atoms with Crippen molar-refractivity contribution in [3.8, 4) is 0 Å². The standard InChI is InChI=1S/C15H15N3S/c1-10(14-3-2-8-19-14)18-13-5-4-11-9-17-7-6-12(11)15(13)16/h2-10,18H,16H2,1H3. The zero-order valence-corrected chi connectivity index (χ0v) is 11.4. The van der Waals surface area contributed by atoms with E-state index in [1.807, 2.05) is 24.4 Å². The molecular weight excluding hydrogens is 254 g/mol. The zero-order valence-electron chi connectivity index (χ0n) is 10.6. The lowest BCUT2D eigenvalue weighted by Gasteiger charge is -2.16. The second-order valence-corrected chi connectivity index (χ2v) is 5.48. The maximum atomic E-state index is 6.23. The Kier molecular flexibility index (Phi) is 3.09. The number of fused-ring (bicyclic) bond motifs is 1. The zero-order chi connectivity index (χ0) is 13.2. The lowest BCUT2D eigenvalue weighted by atomic mass is 10.1. The highest BCUT2D eigenvalue weighted by molar-refractivity contribution is 7.10. The van der Waals surface area contributed by atoms with Gasteiger partial charge in [0.2, 0.25) is 0 Å². The molecule has 0 saturated heterocycles. The normalized spacial score (nSPS) is 12.5. The molecule has 3 rings (SSSR count). The maximum absolute atomic E-state index is 6.23. The third kappa shape index (κ3) is 2.27. The Morgan fingerprint density at radius 1 is 1.26 bits per heavy atom. The van der Waals surface area contributed by atoms with Crippen LogP contribution in [0.4, 0.5) is 11.4 Å². The topological polar surface area (TPSA) is 50.9 Å². The molecule has 0 aliphatic rings. The minimum Gasteiger partial charge on any atom is -0.397 e. The van der Waals surface area contributed by atoms with Gasteiger partial charge in [0.05, 0.1) is 17.4 Å². The van der Waals surface area contributed by atoms with Gasteiger partial charge >= 0.3 is 0 Å². The van der Waals surface area contributed by atoms with Crippen LogP contribution in [0.3, 0.4) is 0 Å². The van der Waals surface area contributed by atoms with E-state index in [0.29, 0.717) is 0 Å². The first kappa shape index (κ1) is 12.0. The van der Waals surface area contributed by atoms with E-state index in [4.69, 9.17) is 5.73 Å². The predicted molar refractivity (Wildman–Crippen MR) is 82.5 cm³/mol. The Hall–Kier alpha value is -2.07. The van der Waals surface area contributed by atoms with E-state index in [9.17, 15) is 0 Å². The summed E-state index contributed by atoms with van der Waals surface area (Å²) in [5.74, 6) is 0. The first-order chi connectivity index (χ1) is 9.25. The Labute approximate surface area is 116 Å². The second-order valence-electron chi connectivity index (χ2n) is 4.51. The fourth-order valence-corrected chi connectivity index (χ4v) is 2.90. The van der Waals surface area contributed by atoms with Crippen molar-refractivity contribution in [1.29, 1.82) is 0 Å². The number of benzene rings is 1. The molecule has 0 amide bonds. The Morgan fingerprint density at radius 2 is 2.16 bits per heavy atom. The first-order valence-electron chi connectivity index (χ1n) is 6.18. The molecule has 0 aliphatic heterocycles. The van der Waals surface area contributed by atoms with Gasteiger partial charge in [0.25, 0.3) is 0 Å². The number of hydrogen-bond donors (Lipinski definition) is 2. The summed E-state index contributed by atoms with van der Waals surface area (Å²) in [7, 11) is 0. The van der Waals surface area contributed by atoms with Crippen molar-refractivity contribution in [2.75, 3.05) is 11.1 Å². The molecule has 19 heavy (non-hydrogen) atoms. The molecule has 1 unspecified atom stereocenters. The molecule has 0 radical (unpaired) electrons. The number of anilines is 2. The molecule has 0 spiro atoms. The van der Waals surface area contributed by atoms with Gasteiger partial charge in [-0.25, -0.2) is 0 Å². The number of rotatable bonds is 3. The largest absolute Gasteiger partial charge is 0.397 e. The fraction of sp³-hybridized carbons (Fsp3) is 0.133. The number of nitrogens with two attached hydrogens (primary N) is 1. The van der Waals surface area contributed by atoms with Gasteiger partial charge in [-0.1, -0.05) is 12.1 Å². The summed E-state index contributed by atoms with van der Waals surface area (Å²) in [5.41, 5.74) is 7.99. The molecule has 3 N–H and O–H groups in total. The summed E-state index contributed by atoms with van der Waals surface area (Å²) in [6, 6.07) is 10.5. The highest BCUT2D eigenvalue weighted by Gasteiger charge is 2.09. The third-order valence-electron chi connectivity index (χ3n) is 3.20. The van der Waals surface area contributed by atoms with Crippen LogP contribution in [0.25, 0.3) is 10.8 Å². The summed E-state index contributed by atoms with van der Waals surface area (Å²) in [4.78, 5) is 5.41. The van der Waals surface area contributed by atoms with Crippen LogP contribution in [0.1, 0.15) is 17.8 Å². The highest BCUT2D eigenvalue weighted by Crippen LogP contribution is 2.31. The lowest BCUT2D eigenvalue weighted by molar-refractivity contribution is 0.909. The lowest BCUT2D eigenvalue weighted by Crippen LogP contribution is -2.07. The van der Waals surface area contributed by atoms with E-state index in [-0.39, 0.29) is 6.04 Å². The van der Waals surface area contributed by atoms with Crippen LogP contribution in [0.5, 0.6) is 0 Å². The number of pyridine rings is 1. The van der Waals surface area contributed by atoms with E-state index in [1.54, 1.807) is 17.5 Å². The van der Waals surface area contributed by atoms with Crippen LogP contribution in [-0.2, 0) is 0 Å². The minimum absolute atomic E-state index is 0.251. The molecule has 0 aliphatic carbocycles. The molecule has 3 aromatic rings. The molecule has 0 saturated carbocycles. The molecule has 2 aromatic heterocycles. The van der Waals surface area contributed by atoms with Crippen molar-refractivity contribution in [3.63, 3.8) is 0 Å². The molecule has 1 aromatic carbocycles. The predicted octanol–water partition coefficient (Wildman–Crippen LogP) is 4.05. The fourth-order valence-electron chi connectivity index (χ4n) is 2.16. The third-order valence-corrected chi connectivity index (χ3v) is 4.26. The summed E-state index contributed by atoms with van der Waals surface area (Å²) in [6.45, 7) is 2.14. The van der Waals surface area contributed by atoms with Crippen molar-refractivity contribution in [2.45, 2.75) is 13.0 Å². The average Bonchev–Trinajstić information content (AvgIpc) is 2.96. The molecule has 1 atom stereocenters. The van der Waals surface area contributed by atoms with Crippen molar-refractivity contribution >= 4 is 33.5 Å². The van der Waals surface area contributed by atoms with Crippen LogP contribution in [0.15, 0.2) is 48.1 Å². The number of aromatic nitrogens is 1. The van der Waals surface area contributed by atoms with E-state index in [0.717, 1.165) is 22.1 Å². The van der Waals surface area contributed by atoms with Crippen LogP contribution >= 0.6 is 11.3 Å². The van der Waals surface area contributed by atoms with Crippen molar-refractivity contribution in [2.24, 2.45) is 0 Å². The number of nitrogens with one attached hydrogen (secondary N) is 1. The number of nitrogen functional groups attached to an aromatic ring is 1. The van der Waals surface area contributed by atoms with E-state index >= 15 is 0 Å². The van der Waals surface area contributed by atoms with Gasteiger partial charge in [-0.2, -0.15) is 0 Å². The Bertz CT molecular complexity index is 692. The van der Waals surface area contributed by atoms with Crippen molar-refractivity contribution in [3.05, 3.63) is 53.0 Å². The van der Waals surface area contributed by atoms with Crippen molar-refractivity contribution in [1.82, 2.24) is 4.98 Å². The van der Waals surface area contributed by atoms with Gasteiger partial charge in [-0.05, 0) is 30.5 Å². The molecule has 3 nitrogen and oxygen atoms in total. The van der Waals surface area contributed by atoms with Gasteiger partial charge in [0.15, 0.2) is 0 Å². The minimum atomic E-state index is 0.251. The summed E-state index contributed by atoms with van der Waals surface area (Å²) in [6.07, 6.45) is 3.60. The summed E-state index contributed by atoms with van der Waals surface area (Å²) in [5, 5.41) is 7.66. The van der Waals surface area contributed by atoms with Gasteiger partial charge in [0, 0.05) is 28.0 Å². The Balaban J connectivity index is 1.95. The quantitative estimate of drug-likeness (QED) is 0.705. The SMILES string of the molecule is CC(Nc1ccc2cnccc2c1N)c1cccs1. The second kappa shape index (κ2) is 4.90. The highest BCUT2D eigenvalue weighted by atomic mass is 32.1.